The van der Waals surface area contributed by atoms with Gasteiger partial charge in [-0.25, -0.2) is 4.98 Å². The van der Waals surface area contributed by atoms with Crippen LogP contribution in [0.15, 0.2) is 55.4 Å². The van der Waals surface area contributed by atoms with Gasteiger partial charge in [-0.3, -0.25) is 9.78 Å². The fourth-order valence-electron chi connectivity index (χ4n) is 3.77. The fraction of sp³-hybridized carbons (Fsp3) is 0.296. The highest BCUT2D eigenvalue weighted by molar-refractivity contribution is 6.31. The average Bonchev–Trinajstić information content (AvgIpc) is 2.79. The Bertz CT molecular complexity index is 1250. The third-order valence-electron chi connectivity index (χ3n) is 5.37. The van der Waals surface area contributed by atoms with Gasteiger partial charge in [-0.2, -0.15) is 0 Å². The molecule has 0 atom stereocenters. The fourth-order valence-corrected chi connectivity index (χ4v) is 4.01. The number of aryl methyl sites for hydroxylation is 1. The van der Waals surface area contributed by atoms with Crippen LogP contribution in [-0.4, -0.2) is 60.4 Å². The molecule has 1 amide bonds. The number of amides is 1. The molecule has 0 unspecified atom stereocenters. The van der Waals surface area contributed by atoms with E-state index in [1.807, 2.05) is 64.3 Å². The summed E-state index contributed by atoms with van der Waals surface area (Å²) in [6, 6.07) is 7.96. The van der Waals surface area contributed by atoms with Crippen LogP contribution in [0.3, 0.4) is 0 Å². The number of halogens is 1. The number of ether oxygens (including phenoxy) is 1. The molecule has 0 aliphatic rings. The van der Waals surface area contributed by atoms with E-state index >= 15 is 0 Å². The smallest absolute Gasteiger partial charge is 0.234 e. The Balaban J connectivity index is 1.93. The molecular formula is C27H32ClN5O2. The van der Waals surface area contributed by atoms with Crippen molar-refractivity contribution < 1.29 is 9.53 Å². The average molecular weight is 494 g/mol. The highest BCUT2D eigenvalue weighted by Crippen LogP contribution is 2.32. The van der Waals surface area contributed by atoms with Gasteiger partial charge in [0.15, 0.2) is 0 Å². The maximum Gasteiger partial charge on any atom is 0.234 e. The molecule has 2 aromatic heterocycles. The minimum absolute atomic E-state index is 0.0765. The van der Waals surface area contributed by atoms with Gasteiger partial charge in [-0.15, -0.1) is 0 Å². The van der Waals surface area contributed by atoms with Gasteiger partial charge in [0.25, 0.3) is 0 Å². The number of carbonyl (C=O) groups is 1. The topological polar surface area (TPSA) is 70.6 Å². The standard InChI is InChI=1S/C27H32ClN5O2/c1-7-9-24(33(5)6)21-12-18(2)31-27-20(21)10-8-11-25(27)35-17-22-19(13-29-15-23(22)28)14-30-26(34)16-32(3)4/h7-13,15H,1,14,16-17H2,2-6H3,(H,30,34)/b24-9-. The molecule has 35 heavy (non-hydrogen) atoms. The molecule has 0 fully saturated rings. The van der Waals surface area contributed by atoms with E-state index in [4.69, 9.17) is 21.3 Å². The Morgan fingerprint density at radius 2 is 2.00 bits per heavy atom. The Hall–Kier alpha value is -3.42. The first kappa shape index (κ1) is 26.2. The zero-order valence-electron chi connectivity index (χ0n) is 20.9. The van der Waals surface area contributed by atoms with Crippen molar-refractivity contribution in [2.45, 2.75) is 20.1 Å². The molecule has 0 radical (unpaired) electrons. The zero-order valence-corrected chi connectivity index (χ0v) is 21.7. The molecule has 0 bridgehead atoms. The number of hydrogen-bond donors (Lipinski definition) is 1. The predicted octanol–water partition coefficient (Wildman–Crippen LogP) is 4.44. The molecule has 0 aliphatic carbocycles. The first-order valence-corrected chi connectivity index (χ1v) is 11.6. The number of nitrogens with zero attached hydrogens (tertiary/aromatic N) is 4. The number of fused-ring (bicyclic) bond motifs is 1. The summed E-state index contributed by atoms with van der Waals surface area (Å²) in [4.78, 5) is 24.9. The van der Waals surface area contributed by atoms with Crippen LogP contribution in [0.1, 0.15) is 22.4 Å². The third kappa shape index (κ3) is 6.59. The van der Waals surface area contributed by atoms with Gasteiger partial charge in [0.1, 0.15) is 17.9 Å². The van der Waals surface area contributed by atoms with Crippen LogP contribution < -0.4 is 10.1 Å². The van der Waals surface area contributed by atoms with E-state index in [2.05, 4.69) is 27.8 Å². The van der Waals surface area contributed by atoms with Crippen LogP contribution in [0.4, 0.5) is 0 Å². The van der Waals surface area contributed by atoms with E-state index in [0.717, 1.165) is 39.0 Å². The lowest BCUT2D eigenvalue weighted by Crippen LogP contribution is -2.33. The molecule has 1 aromatic carbocycles. The number of nitrogens with one attached hydrogen (secondary N) is 1. The second-order valence-corrected chi connectivity index (χ2v) is 9.11. The van der Waals surface area contributed by atoms with Crippen LogP contribution in [0.2, 0.25) is 5.02 Å². The largest absolute Gasteiger partial charge is 0.487 e. The van der Waals surface area contributed by atoms with Crippen LogP contribution in [0, 0.1) is 6.92 Å². The Morgan fingerprint density at radius 1 is 1.23 bits per heavy atom. The molecule has 8 heteroatoms. The number of para-hydroxylation sites is 1. The molecule has 0 saturated carbocycles. The SMILES string of the molecule is C=C/C=C(/c1cc(C)nc2c(OCc3c(Cl)cncc3CNC(=O)CN(C)C)cccc12)N(C)C. The normalized spacial score (nSPS) is 11.6. The van der Waals surface area contributed by atoms with E-state index in [1.54, 1.807) is 18.5 Å². The number of rotatable bonds is 10. The van der Waals surface area contributed by atoms with Crippen LogP contribution >= 0.6 is 11.6 Å². The molecule has 184 valence electrons. The number of carbonyl (C=O) groups excluding carboxylic acids is 1. The first-order chi connectivity index (χ1) is 16.7. The van der Waals surface area contributed by atoms with Crippen molar-refractivity contribution >= 4 is 34.1 Å². The van der Waals surface area contributed by atoms with Crippen molar-refractivity contribution in [3.8, 4) is 5.75 Å². The van der Waals surface area contributed by atoms with Crippen molar-refractivity contribution in [1.29, 1.82) is 0 Å². The van der Waals surface area contributed by atoms with E-state index in [-0.39, 0.29) is 12.5 Å². The number of allylic oxidation sites excluding steroid dienone is 2. The van der Waals surface area contributed by atoms with Crippen molar-refractivity contribution in [2.24, 2.45) is 0 Å². The van der Waals surface area contributed by atoms with Crippen molar-refractivity contribution in [2.75, 3.05) is 34.7 Å². The van der Waals surface area contributed by atoms with Gasteiger partial charge in [0.05, 0.1) is 11.6 Å². The molecule has 0 spiro atoms. The summed E-state index contributed by atoms with van der Waals surface area (Å²) >= 11 is 6.47. The highest BCUT2D eigenvalue weighted by Gasteiger charge is 2.15. The van der Waals surface area contributed by atoms with E-state index in [9.17, 15) is 4.79 Å². The Kier molecular flexibility index (Phi) is 8.84. The van der Waals surface area contributed by atoms with E-state index in [1.165, 1.54) is 0 Å². The number of benzene rings is 1. The molecule has 3 rings (SSSR count). The summed E-state index contributed by atoms with van der Waals surface area (Å²) < 4.78 is 6.26. The third-order valence-corrected chi connectivity index (χ3v) is 5.69. The summed E-state index contributed by atoms with van der Waals surface area (Å²) in [5.41, 5.74) is 5.31. The minimum Gasteiger partial charge on any atom is -0.487 e. The lowest BCUT2D eigenvalue weighted by molar-refractivity contribution is -0.121. The number of likely N-dealkylation sites (N-methyl/N-ethyl adjacent to an activating group) is 1. The van der Waals surface area contributed by atoms with E-state index in [0.29, 0.717) is 23.9 Å². The maximum atomic E-state index is 12.1. The Morgan fingerprint density at radius 3 is 2.69 bits per heavy atom. The van der Waals surface area contributed by atoms with Gasteiger partial charge < -0.3 is 19.9 Å². The lowest BCUT2D eigenvalue weighted by Gasteiger charge is -2.20. The predicted molar refractivity (Wildman–Crippen MR) is 142 cm³/mol. The first-order valence-electron chi connectivity index (χ1n) is 11.3. The molecule has 0 aliphatic heterocycles. The summed E-state index contributed by atoms with van der Waals surface area (Å²) in [5, 5.41) is 4.37. The monoisotopic (exact) mass is 493 g/mol. The highest BCUT2D eigenvalue weighted by atomic mass is 35.5. The van der Waals surface area contributed by atoms with Gasteiger partial charge in [-0.1, -0.05) is 36.4 Å². The van der Waals surface area contributed by atoms with Crippen LogP contribution in [0.25, 0.3) is 16.6 Å². The molecule has 1 N–H and O–H groups in total. The van der Waals surface area contributed by atoms with E-state index < -0.39 is 0 Å². The van der Waals surface area contributed by atoms with Crippen molar-refractivity contribution in [3.63, 3.8) is 0 Å². The maximum absolute atomic E-state index is 12.1. The second-order valence-electron chi connectivity index (χ2n) is 8.71. The number of aromatic nitrogens is 2. The summed E-state index contributed by atoms with van der Waals surface area (Å²) in [6.07, 6.45) is 7.04. The summed E-state index contributed by atoms with van der Waals surface area (Å²) in [7, 11) is 7.70. The number of pyridine rings is 2. The van der Waals surface area contributed by atoms with Crippen LogP contribution in [-0.2, 0) is 17.9 Å². The van der Waals surface area contributed by atoms with Gasteiger partial charge in [0, 0.05) is 60.9 Å². The molecular weight excluding hydrogens is 462 g/mol. The second kappa shape index (κ2) is 11.8. The number of hydrogen-bond acceptors (Lipinski definition) is 6. The quantitative estimate of drug-likeness (QED) is 0.421. The van der Waals surface area contributed by atoms with Crippen LogP contribution in [0.5, 0.6) is 5.75 Å². The van der Waals surface area contributed by atoms with Gasteiger partial charge in [-0.05, 0) is 44.8 Å². The summed E-state index contributed by atoms with van der Waals surface area (Å²) in [6.45, 7) is 6.66. The Labute approximate surface area is 212 Å². The minimum atomic E-state index is -0.0765. The van der Waals surface area contributed by atoms with Crippen molar-refractivity contribution in [1.82, 2.24) is 25.1 Å². The molecule has 3 aromatic rings. The lowest BCUT2D eigenvalue weighted by atomic mass is 10.0. The molecule has 0 saturated heterocycles. The summed E-state index contributed by atoms with van der Waals surface area (Å²) in [5.74, 6) is 0.576. The van der Waals surface area contributed by atoms with Gasteiger partial charge >= 0.3 is 0 Å². The molecule has 7 nitrogen and oxygen atoms in total. The molecule has 2 heterocycles. The van der Waals surface area contributed by atoms with Gasteiger partial charge in [0.2, 0.25) is 5.91 Å². The zero-order chi connectivity index (χ0) is 25.5. The van der Waals surface area contributed by atoms with Crippen molar-refractivity contribution in [3.05, 3.63) is 82.8 Å².